The van der Waals surface area contributed by atoms with Gasteiger partial charge in [0, 0.05) is 10.0 Å². The Hall–Kier alpha value is -2.02. The van der Waals surface area contributed by atoms with Gasteiger partial charge in [-0.25, -0.2) is 5.43 Å². The number of hydrogen-bond acceptors (Lipinski definition) is 5. The number of H-pyrrole nitrogens is 1. The lowest BCUT2D eigenvalue weighted by molar-refractivity contribution is 0.939. The van der Waals surface area contributed by atoms with Crippen LogP contribution in [-0.2, 0) is 0 Å². The molecule has 0 aliphatic carbocycles. The summed E-state index contributed by atoms with van der Waals surface area (Å²) >= 11 is 3.39. The number of halogens is 1. The molecule has 1 aromatic heterocycles. The van der Waals surface area contributed by atoms with Crippen molar-refractivity contribution >= 4 is 28.1 Å². The van der Waals surface area contributed by atoms with Gasteiger partial charge in [-0.15, -0.1) is 10.2 Å². The van der Waals surface area contributed by atoms with E-state index >= 15 is 0 Å². The second-order valence-corrected chi connectivity index (χ2v) is 3.93. The van der Waals surface area contributed by atoms with Gasteiger partial charge in [-0.3, -0.25) is 9.78 Å². The Morgan fingerprint density at radius 2 is 2.24 bits per heavy atom. The van der Waals surface area contributed by atoms with E-state index in [-0.39, 0.29) is 11.5 Å². The van der Waals surface area contributed by atoms with E-state index in [0.717, 1.165) is 16.2 Å². The number of hydrogen-bond donors (Lipinski definition) is 2. The minimum Gasteiger partial charge on any atom is -0.289 e. The molecule has 2 aromatic rings. The Morgan fingerprint density at radius 3 is 3.00 bits per heavy atom. The Labute approximate surface area is 105 Å². The highest BCUT2D eigenvalue weighted by molar-refractivity contribution is 9.10. The van der Waals surface area contributed by atoms with E-state index in [2.05, 4.69) is 41.6 Å². The Kier molecular flexibility index (Phi) is 3.61. The van der Waals surface area contributed by atoms with Crippen LogP contribution in [0.25, 0.3) is 0 Å². The summed E-state index contributed by atoms with van der Waals surface area (Å²) in [6.07, 6.45) is 2.69. The highest BCUT2D eigenvalue weighted by atomic mass is 79.9. The number of anilines is 1. The smallest absolute Gasteiger partial charge is 0.271 e. The summed E-state index contributed by atoms with van der Waals surface area (Å²) in [7, 11) is 0. The van der Waals surface area contributed by atoms with Crippen LogP contribution < -0.4 is 11.0 Å². The van der Waals surface area contributed by atoms with Crippen molar-refractivity contribution in [3.05, 3.63) is 50.9 Å². The summed E-state index contributed by atoms with van der Waals surface area (Å²) in [6.45, 7) is 0. The minimum atomic E-state index is -0.335. The number of benzene rings is 1. The summed E-state index contributed by atoms with van der Waals surface area (Å²) in [4.78, 5) is 13.4. The van der Waals surface area contributed by atoms with Gasteiger partial charge in [-0.1, -0.05) is 34.1 Å². The second-order valence-electron chi connectivity index (χ2n) is 3.07. The molecular weight excluding hydrogens is 286 g/mol. The fourth-order valence-corrected chi connectivity index (χ4v) is 1.49. The first-order valence-corrected chi connectivity index (χ1v) is 5.50. The van der Waals surface area contributed by atoms with E-state index in [0.29, 0.717) is 0 Å². The van der Waals surface area contributed by atoms with Gasteiger partial charge in [-0.2, -0.15) is 5.10 Å². The summed E-state index contributed by atoms with van der Waals surface area (Å²) in [5, 5.41) is 11.1. The molecule has 0 radical (unpaired) electrons. The Balaban J connectivity index is 2.08. The van der Waals surface area contributed by atoms with Gasteiger partial charge in [0.05, 0.1) is 6.21 Å². The van der Waals surface area contributed by atoms with Gasteiger partial charge < -0.3 is 0 Å². The van der Waals surface area contributed by atoms with Gasteiger partial charge in [-0.05, 0) is 6.07 Å². The molecular formula is C10H8BrN5O. The van der Waals surface area contributed by atoms with Crippen molar-refractivity contribution in [2.45, 2.75) is 0 Å². The lowest BCUT2D eigenvalue weighted by Crippen LogP contribution is -2.10. The maximum atomic E-state index is 10.9. The summed E-state index contributed by atoms with van der Waals surface area (Å²) < 4.78 is 0.929. The topological polar surface area (TPSA) is 83.0 Å². The van der Waals surface area contributed by atoms with Crippen LogP contribution in [0, 0.1) is 0 Å². The molecule has 2 rings (SSSR count). The fourth-order valence-electron chi connectivity index (χ4n) is 1.11. The van der Waals surface area contributed by atoms with Gasteiger partial charge in [0.1, 0.15) is 6.20 Å². The zero-order chi connectivity index (χ0) is 12.1. The molecule has 0 bridgehead atoms. The molecule has 0 unspecified atom stereocenters. The van der Waals surface area contributed by atoms with Crippen LogP contribution in [0.3, 0.4) is 0 Å². The third-order valence-electron chi connectivity index (χ3n) is 1.85. The first kappa shape index (κ1) is 11.5. The van der Waals surface area contributed by atoms with E-state index in [1.54, 1.807) is 6.21 Å². The highest BCUT2D eigenvalue weighted by Crippen LogP contribution is 2.13. The van der Waals surface area contributed by atoms with Gasteiger partial charge in [0.2, 0.25) is 5.95 Å². The maximum absolute atomic E-state index is 10.9. The molecule has 6 nitrogen and oxygen atoms in total. The molecule has 1 heterocycles. The number of rotatable bonds is 3. The second kappa shape index (κ2) is 5.35. The summed E-state index contributed by atoms with van der Waals surface area (Å²) in [6, 6.07) is 7.62. The minimum absolute atomic E-state index is 0.195. The molecule has 2 N–H and O–H groups in total. The van der Waals surface area contributed by atoms with Crippen molar-refractivity contribution < 1.29 is 0 Å². The number of aromatic nitrogens is 3. The summed E-state index contributed by atoms with van der Waals surface area (Å²) in [5.74, 6) is 0.195. The van der Waals surface area contributed by atoms with Crippen LogP contribution in [0.5, 0.6) is 0 Å². The molecule has 0 saturated heterocycles. The summed E-state index contributed by atoms with van der Waals surface area (Å²) in [5.41, 5.74) is 3.15. The number of hydrazone groups is 1. The van der Waals surface area contributed by atoms with Crippen molar-refractivity contribution in [3.8, 4) is 0 Å². The van der Waals surface area contributed by atoms with Crippen molar-refractivity contribution in [2.75, 3.05) is 5.43 Å². The molecule has 7 heteroatoms. The molecule has 0 saturated carbocycles. The van der Waals surface area contributed by atoms with E-state index in [4.69, 9.17) is 0 Å². The quantitative estimate of drug-likeness (QED) is 0.661. The standard InChI is InChI=1S/C10H8BrN5O/c11-8-4-2-1-3-7(8)5-12-15-10-14-9(17)6-13-16-10/h1-6H,(H2,14,15,16,17)/b12-5-. The predicted molar refractivity (Wildman–Crippen MR) is 68.0 cm³/mol. The van der Waals surface area contributed by atoms with Crippen molar-refractivity contribution in [3.63, 3.8) is 0 Å². The van der Waals surface area contributed by atoms with Gasteiger partial charge >= 0.3 is 0 Å². The molecule has 0 atom stereocenters. The Morgan fingerprint density at radius 1 is 1.41 bits per heavy atom. The first-order valence-electron chi connectivity index (χ1n) is 4.71. The van der Waals surface area contributed by atoms with Crippen molar-refractivity contribution in [1.82, 2.24) is 15.2 Å². The van der Waals surface area contributed by atoms with Crippen LogP contribution in [0.1, 0.15) is 5.56 Å². The van der Waals surface area contributed by atoms with Gasteiger partial charge in [0.25, 0.3) is 5.56 Å². The highest BCUT2D eigenvalue weighted by Gasteiger charge is 1.94. The molecule has 0 amide bonds. The number of aromatic amines is 1. The first-order chi connectivity index (χ1) is 8.25. The zero-order valence-corrected chi connectivity index (χ0v) is 10.2. The van der Waals surface area contributed by atoms with Crippen LogP contribution in [0.2, 0.25) is 0 Å². The van der Waals surface area contributed by atoms with Crippen LogP contribution in [0.15, 0.2) is 44.8 Å². The van der Waals surface area contributed by atoms with Crippen molar-refractivity contribution in [2.24, 2.45) is 5.10 Å². The van der Waals surface area contributed by atoms with E-state index < -0.39 is 0 Å². The third kappa shape index (κ3) is 3.22. The zero-order valence-electron chi connectivity index (χ0n) is 8.59. The third-order valence-corrected chi connectivity index (χ3v) is 2.58. The van der Waals surface area contributed by atoms with Crippen LogP contribution >= 0.6 is 15.9 Å². The van der Waals surface area contributed by atoms with E-state index in [9.17, 15) is 4.79 Å². The number of nitrogens with zero attached hydrogens (tertiary/aromatic N) is 3. The maximum Gasteiger partial charge on any atom is 0.271 e. The SMILES string of the molecule is O=c1cnnc(N/N=C\c2ccccc2Br)[nH]1. The Bertz CT molecular complexity index is 595. The molecule has 0 fully saturated rings. The molecule has 0 aliphatic heterocycles. The molecule has 17 heavy (non-hydrogen) atoms. The normalized spacial score (nSPS) is 10.6. The number of nitrogens with one attached hydrogen (secondary N) is 2. The lowest BCUT2D eigenvalue weighted by Gasteiger charge is -1.98. The average molecular weight is 294 g/mol. The molecule has 86 valence electrons. The van der Waals surface area contributed by atoms with E-state index in [1.807, 2.05) is 24.3 Å². The van der Waals surface area contributed by atoms with Crippen LogP contribution in [-0.4, -0.2) is 21.4 Å². The largest absolute Gasteiger partial charge is 0.289 e. The van der Waals surface area contributed by atoms with Gasteiger partial charge in [0.15, 0.2) is 0 Å². The van der Waals surface area contributed by atoms with Crippen molar-refractivity contribution in [1.29, 1.82) is 0 Å². The molecule has 1 aromatic carbocycles. The molecule has 0 aliphatic rings. The monoisotopic (exact) mass is 293 g/mol. The average Bonchev–Trinajstić information content (AvgIpc) is 2.32. The fraction of sp³-hybridized carbons (Fsp3) is 0. The lowest BCUT2D eigenvalue weighted by atomic mass is 10.2. The predicted octanol–water partition coefficient (Wildman–Crippen LogP) is 1.37. The van der Waals surface area contributed by atoms with Crippen LogP contribution in [0.4, 0.5) is 5.95 Å². The van der Waals surface area contributed by atoms with E-state index in [1.165, 1.54) is 0 Å². The molecule has 0 spiro atoms.